The highest BCUT2D eigenvalue weighted by atomic mass is 35.5. The summed E-state index contributed by atoms with van der Waals surface area (Å²) in [5.41, 5.74) is 5.06. The Balaban J connectivity index is 2.05. The second kappa shape index (κ2) is 9.54. The van der Waals surface area contributed by atoms with Crippen molar-refractivity contribution in [2.24, 2.45) is 0 Å². The summed E-state index contributed by atoms with van der Waals surface area (Å²) in [6.45, 7) is 6.76. The summed E-state index contributed by atoms with van der Waals surface area (Å²) in [4.78, 5) is 27.3. The molecule has 3 rings (SSSR count). The van der Waals surface area contributed by atoms with Crippen molar-refractivity contribution < 1.29 is 19.1 Å². The highest BCUT2D eigenvalue weighted by molar-refractivity contribution is 6.30. The number of amides is 1. The molecular weight excluding hydrogens is 416 g/mol. The van der Waals surface area contributed by atoms with Crippen molar-refractivity contribution in [3.05, 3.63) is 69.1 Å². The molecule has 1 aliphatic rings. The number of hydrogen-bond acceptors (Lipinski definition) is 4. The number of methoxy groups -OCH3 is 2. The molecule has 1 aromatic carbocycles. The van der Waals surface area contributed by atoms with Crippen molar-refractivity contribution in [3.8, 4) is 5.69 Å². The van der Waals surface area contributed by atoms with Crippen molar-refractivity contribution in [1.82, 2.24) is 9.47 Å². The first-order valence-corrected chi connectivity index (χ1v) is 10.4. The van der Waals surface area contributed by atoms with E-state index in [-0.39, 0.29) is 5.91 Å². The standard InChI is InChI=1S/C24H27ClN2O4/c1-15-13-18(16(2)27(15)20-9-7-19(25)8-10-20)14-21-22(24(29)31-5)17(3)26(23(21)28)11-6-12-30-4/h7-10,13-14H,6,11-12H2,1-5H3/b21-14+. The molecule has 2 aromatic rings. The fourth-order valence-electron chi connectivity index (χ4n) is 3.94. The highest BCUT2D eigenvalue weighted by Gasteiger charge is 2.36. The van der Waals surface area contributed by atoms with Crippen LogP contribution < -0.4 is 0 Å². The minimum atomic E-state index is -0.516. The van der Waals surface area contributed by atoms with Crippen molar-refractivity contribution in [2.45, 2.75) is 27.2 Å². The Morgan fingerprint density at radius 1 is 1.13 bits per heavy atom. The average Bonchev–Trinajstić information content (AvgIpc) is 3.15. The normalized spacial score (nSPS) is 15.4. The van der Waals surface area contributed by atoms with Gasteiger partial charge in [0.15, 0.2) is 0 Å². The van der Waals surface area contributed by atoms with E-state index in [2.05, 4.69) is 4.57 Å². The maximum absolute atomic E-state index is 13.2. The molecule has 0 radical (unpaired) electrons. The summed E-state index contributed by atoms with van der Waals surface area (Å²) in [7, 11) is 2.95. The molecule has 0 atom stereocenters. The number of nitrogens with zero attached hydrogens (tertiary/aromatic N) is 2. The van der Waals surface area contributed by atoms with Crippen LogP contribution in [0.3, 0.4) is 0 Å². The van der Waals surface area contributed by atoms with Gasteiger partial charge in [0.1, 0.15) is 0 Å². The second-order valence-corrected chi connectivity index (χ2v) is 7.89. The molecule has 0 fully saturated rings. The SMILES string of the molecule is COCCCN1C(=O)/C(=C/c2cc(C)n(-c3ccc(Cl)cc3)c2C)C(C(=O)OC)=C1C. The van der Waals surface area contributed by atoms with E-state index in [1.165, 1.54) is 7.11 Å². The topological polar surface area (TPSA) is 60.8 Å². The van der Waals surface area contributed by atoms with Crippen LogP contribution in [0.2, 0.25) is 5.02 Å². The number of benzene rings is 1. The van der Waals surface area contributed by atoms with E-state index in [9.17, 15) is 9.59 Å². The van der Waals surface area contributed by atoms with Gasteiger partial charge in [-0.15, -0.1) is 0 Å². The summed E-state index contributed by atoms with van der Waals surface area (Å²) >= 11 is 6.03. The number of halogens is 1. The van der Waals surface area contributed by atoms with E-state index in [0.29, 0.717) is 41.4 Å². The lowest BCUT2D eigenvalue weighted by molar-refractivity contribution is -0.136. The van der Waals surface area contributed by atoms with Gasteiger partial charge in [-0.25, -0.2) is 4.79 Å². The number of allylic oxidation sites excluding steroid dienone is 1. The van der Waals surface area contributed by atoms with Crippen LogP contribution in [0, 0.1) is 13.8 Å². The summed E-state index contributed by atoms with van der Waals surface area (Å²) in [5, 5.41) is 0.669. The lowest BCUT2D eigenvalue weighted by Crippen LogP contribution is -2.26. The third-order valence-electron chi connectivity index (χ3n) is 5.49. The van der Waals surface area contributed by atoms with Gasteiger partial charge in [-0.3, -0.25) is 4.79 Å². The molecule has 1 aliphatic heterocycles. The van der Waals surface area contributed by atoms with Crippen molar-refractivity contribution in [1.29, 1.82) is 0 Å². The number of aromatic nitrogens is 1. The number of hydrogen-bond donors (Lipinski definition) is 0. The van der Waals surface area contributed by atoms with Gasteiger partial charge in [-0.05, 0) is 69.2 Å². The highest BCUT2D eigenvalue weighted by Crippen LogP contribution is 2.33. The van der Waals surface area contributed by atoms with Gasteiger partial charge in [0.05, 0.1) is 18.3 Å². The molecule has 7 heteroatoms. The number of aryl methyl sites for hydroxylation is 1. The maximum Gasteiger partial charge on any atom is 0.340 e. The van der Waals surface area contributed by atoms with Gasteiger partial charge < -0.3 is 18.9 Å². The van der Waals surface area contributed by atoms with Crippen LogP contribution in [-0.4, -0.2) is 48.7 Å². The Morgan fingerprint density at radius 2 is 1.81 bits per heavy atom. The molecule has 2 heterocycles. The zero-order valence-electron chi connectivity index (χ0n) is 18.5. The van der Waals surface area contributed by atoms with Crippen LogP contribution in [0.4, 0.5) is 0 Å². The van der Waals surface area contributed by atoms with E-state index in [1.807, 2.05) is 44.2 Å². The first-order chi connectivity index (χ1) is 14.8. The number of carbonyl (C=O) groups is 2. The summed E-state index contributed by atoms with van der Waals surface area (Å²) in [6, 6.07) is 9.58. The molecule has 0 saturated heterocycles. The molecule has 0 aliphatic carbocycles. The molecule has 164 valence electrons. The van der Waals surface area contributed by atoms with Gasteiger partial charge in [0.2, 0.25) is 0 Å². The molecular formula is C24H27ClN2O4. The molecule has 0 saturated carbocycles. The predicted molar refractivity (Wildman–Crippen MR) is 121 cm³/mol. The largest absolute Gasteiger partial charge is 0.465 e. The fraction of sp³-hybridized carbons (Fsp3) is 0.333. The quantitative estimate of drug-likeness (QED) is 0.361. The first kappa shape index (κ1) is 22.8. The average molecular weight is 443 g/mol. The van der Waals surface area contributed by atoms with Gasteiger partial charge in [0, 0.05) is 48.1 Å². The van der Waals surface area contributed by atoms with Crippen molar-refractivity contribution in [2.75, 3.05) is 27.4 Å². The van der Waals surface area contributed by atoms with Gasteiger partial charge in [0.25, 0.3) is 5.91 Å². The molecule has 6 nitrogen and oxygen atoms in total. The molecule has 1 aromatic heterocycles. The minimum absolute atomic E-state index is 0.203. The zero-order chi connectivity index (χ0) is 22.7. The number of ether oxygens (including phenoxy) is 2. The van der Waals surface area contributed by atoms with Crippen molar-refractivity contribution >= 4 is 29.6 Å². The third kappa shape index (κ3) is 4.45. The predicted octanol–water partition coefficient (Wildman–Crippen LogP) is 4.46. The molecule has 31 heavy (non-hydrogen) atoms. The molecule has 1 amide bonds. The van der Waals surface area contributed by atoms with Gasteiger partial charge >= 0.3 is 5.97 Å². The molecule has 0 N–H and O–H groups in total. The van der Waals surface area contributed by atoms with Crippen molar-refractivity contribution in [3.63, 3.8) is 0 Å². The van der Waals surface area contributed by atoms with Crippen LogP contribution in [0.15, 0.2) is 47.2 Å². The number of carbonyl (C=O) groups excluding carboxylic acids is 2. The Morgan fingerprint density at radius 3 is 2.42 bits per heavy atom. The zero-order valence-corrected chi connectivity index (χ0v) is 19.2. The van der Waals surface area contributed by atoms with E-state index in [0.717, 1.165) is 22.6 Å². The smallest absolute Gasteiger partial charge is 0.340 e. The van der Waals surface area contributed by atoms with Crippen LogP contribution in [0.25, 0.3) is 11.8 Å². The monoisotopic (exact) mass is 442 g/mol. The molecule has 0 bridgehead atoms. The Kier molecular flexibility index (Phi) is 7.03. The number of rotatable bonds is 7. The minimum Gasteiger partial charge on any atom is -0.465 e. The van der Waals surface area contributed by atoms with Crippen LogP contribution in [0.5, 0.6) is 0 Å². The van der Waals surface area contributed by atoms with E-state index in [4.69, 9.17) is 21.1 Å². The maximum atomic E-state index is 13.2. The fourth-order valence-corrected chi connectivity index (χ4v) is 4.07. The summed E-state index contributed by atoms with van der Waals surface area (Å²) in [6.07, 6.45) is 2.45. The second-order valence-electron chi connectivity index (χ2n) is 7.45. The molecule has 0 unspecified atom stereocenters. The molecule has 0 spiro atoms. The van der Waals surface area contributed by atoms with Crippen LogP contribution in [0.1, 0.15) is 30.3 Å². The Hall–Kier alpha value is -2.83. The van der Waals surface area contributed by atoms with Gasteiger partial charge in [-0.2, -0.15) is 0 Å². The van der Waals surface area contributed by atoms with E-state index in [1.54, 1.807) is 25.0 Å². The Labute approximate surface area is 187 Å². The van der Waals surface area contributed by atoms with Crippen LogP contribution in [-0.2, 0) is 19.1 Å². The lowest BCUT2D eigenvalue weighted by Gasteiger charge is -2.17. The summed E-state index contributed by atoms with van der Waals surface area (Å²) in [5.74, 6) is -0.719. The van der Waals surface area contributed by atoms with E-state index < -0.39 is 5.97 Å². The Bertz CT molecular complexity index is 1060. The van der Waals surface area contributed by atoms with Gasteiger partial charge in [-0.1, -0.05) is 11.6 Å². The summed E-state index contributed by atoms with van der Waals surface area (Å²) < 4.78 is 12.2. The lowest BCUT2D eigenvalue weighted by atomic mass is 10.0. The van der Waals surface area contributed by atoms with Crippen LogP contribution >= 0.6 is 11.6 Å². The number of esters is 1. The third-order valence-corrected chi connectivity index (χ3v) is 5.74. The first-order valence-electron chi connectivity index (χ1n) is 10.1. The van der Waals surface area contributed by atoms with E-state index >= 15 is 0 Å².